The number of ether oxygens (including phenoxy) is 2. The SMILES string of the molecule is CCC(NCC1(C)COC(c2nc(-c3ccccc3)c(-c3ccccc3)[nH]2)OC1)n1ccnc1. The minimum Gasteiger partial charge on any atom is -0.345 e. The van der Waals surface area contributed by atoms with Crippen LogP contribution < -0.4 is 5.32 Å². The zero-order chi connectivity index (χ0) is 23.4. The second kappa shape index (κ2) is 9.93. The number of nitrogens with zero attached hydrogens (tertiary/aromatic N) is 3. The van der Waals surface area contributed by atoms with E-state index in [1.54, 1.807) is 6.20 Å². The maximum absolute atomic E-state index is 6.20. The molecule has 4 aromatic rings. The molecule has 1 aliphatic heterocycles. The normalized spacial score (nSPS) is 21.4. The number of nitrogens with one attached hydrogen (secondary N) is 2. The Morgan fingerprint density at radius 3 is 2.35 bits per heavy atom. The fraction of sp³-hybridized carbons (Fsp3) is 0.333. The Bertz CT molecular complexity index is 1110. The first-order valence-electron chi connectivity index (χ1n) is 11.8. The van der Waals surface area contributed by atoms with Crippen molar-refractivity contribution in [2.24, 2.45) is 5.41 Å². The Labute approximate surface area is 200 Å². The highest BCUT2D eigenvalue weighted by molar-refractivity contribution is 5.78. The van der Waals surface area contributed by atoms with Gasteiger partial charge in [-0.15, -0.1) is 0 Å². The average molecular weight is 458 g/mol. The number of hydrogen-bond acceptors (Lipinski definition) is 5. The van der Waals surface area contributed by atoms with E-state index in [-0.39, 0.29) is 11.6 Å². The molecule has 7 heteroatoms. The largest absolute Gasteiger partial charge is 0.345 e. The topological polar surface area (TPSA) is 77.0 Å². The first kappa shape index (κ1) is 22.5. The van der Waals surface area contributed by atoms with Crippen molar-refractivity contribution >= 4 is 0 Å². The van der Waals surface area contributed by atoms with E-state index in [2.05, 4.69) is 58.0 Å². The fourth-order valence-electron chi connectivity index (χ4n) is 4.30. The van der Waals surface area contributed by atoms with Gasteiger partial charge in [0.1, 0.15) is 0 Å². The van der Waals surface area contributed by atoms with Crippen molar-refractivity contribution in [3.63, 3.8) is 0 Å². The van der Waals surface area contributed by atoms with Gasteiger partial charge in [-0.3, -0.25) is 5.32 Å². The predicted octanol–water partition coefficient (Wildman–Crippen LogP) is 5.19. The fourth-order valence-corrected chi connectivity index (χ4v) is 4.30. The van der Waals surface area contributed by atoms with Crippen LogP contribution in [0, 0.1) is 5.41 Å². The molecular formula is C27H31N5O2. The van der Waals surface area contributed by atoms with Crippen LogP contribution in [0.2, 0.25) is 0 Å². The Morgan fingerprint density at radius 2 is 1.74 bits per heavy atom. The van der Waals surface area contributed by atoms with Gasteiger partial charge in [0.15, 0.2) is 5.82 Å². The number of aromatic amines is 1. The van der Waals surface area contributed by atoms with Crippen LogP contribution in [0.3, 0.4) is 0 Å². The Hall–Kier alpha value is -3.26. The number of hydrogen-bond donors (Lipinski definition) is 2. The summed E-state index contributed by atoms with van der Waals surface area (Å²) in [6.45, 7) is 6.28. The van der Waals surface area contributed by atoms with Gasteiger partial charge in [-0.1, -0.05) is 74.5 Å². The third-order valence-corrected chi connectivity index (χ3v) is 6.26. The number of imidazole rings is 2. The molecule has 2 aromatic carbocycles. The van der Waals surface area contributed by atoms with Crippen molar-refractivity contribution in [1.82, 2.24) is 24.8 Å². The molecule has 0 radical (unpaired) electrons. The van der Waals surface area contributed by atoms with Gasteiger partial charge in [0.2, 0.25) is 6.29 Å². The third kappa shape index (κ3) is 4.82. The molecule has 5 rings (SSSR count). The summed E-state index contributed by atoms with van der Waals surface area (Å²) in [5.41, 5.74) is 3.86. The number of rotatable bonds is 8. The molecule has 1 aliphatic rings. The van der Waals surface area contributed by atoms with E-state index >= 15 is 0 Å². The van der Waals surface area contributed by atoms with Crippen LogP contribution >= 0.6 is 0 Å². The molecule has 7 nitrogen and oxygen atoms in total. The molecule has 1 atom stereocenters. The lowest BCUT2D eigenvalue weighted by Gasteiger charge is -2.37. The summed E-state index contributed by atoms with van der Waals surface area (Å²) >= 11 is 0. The van der Waals surface area contributed by atoms with Gasteiger partial charge in [-0.25, -0.2) is 9.97 Å². The summed E-state index contributed by atoms with van der Waals surface area (Å²) < 4.78 is 14.5. The van der Waals surface area contributed by atoms with Crippen molar-refractivity contribution in [3.05, 3.63) is 85.2 Å². The van der Waals surface area contributed by atoms with Crippen molar-refractivity contribution in [1.29, 1.82) is 0 Å². The van der Waals surface area contributed by atoms with Gasteiger partial charge in [-0.2, -0.15) is 0 Å². The van der Waals surface area contributed by atoms with Crippen LogP contribution in [0.25, 0.3) is 22.5 Å². The summed E-state index contributed by atoms with van der Waals surface area (Å²) in [6.07, 6.45) is 6.28. The highest BCUT2D eigenvalue weighted by Gasteiger charge is 2.35. The summed E-state index contributed by atoms with van der Waals surface area (Å²) in [6, 6.07) is 20.4. The van der Waals surface area contributed by atoms with Gasteiger partial charge in [0.25, 0.3) is 0 Å². The molecule has 1 fully saturated rings. The molecule has 0 saturated carbocycles. The predicted molar refractivity (Wildman–Crippen MR) is 132 cm³/mol. The smallest absolute Gasteiger partial charge is 0.217 e. The molecule has 0 spiro atoms. The summed E-state index contributed by atoms with van der Waals surface area (Å²) in [5.74, 6) is 0.692. The van der Waals surface area contributed by atoms with E-state index < -0.39 is 6.29 Å². The molecule has 0 bridgehead atoms. The Balaban J connectivity index is 1.30. The number of benzene rings is 2. The van der Waals surface area contributed by atoms with E-state index in [1.807, 2.05) is 48.9 Å². The molecule has 3 heterocycles. The lowest BCUT2D eigenvalue weighted by Crippen LogP contribution is -2.45. The van der Waals surface area contributed by atoms with Crippen molar-refractivity contribution in [2.75, 3.05) is 19.8 Å². The quantitative estimate of drug-likeness (QED) is 0.381. The van der Waals surface area contributed by atoms with Gasteiger partial charge in [0, 0.05) is 35.5 Å². The summed E-state index contributed by atoms with van der Waals surface area (Å²) in [7, 11) is 0. The second-order valence-corrected chi connectivity index (χ2v) is 9.16. The minimum absolute atomic E-state index is 0.137. The van der Waals surface area contributed by atoms with Crippen LogP contribution in [0.1, 0.15) is 38.5 Å². The number of aromatic nitrogens is 4. The zero-order valence-corrected chi connectivity index (χ0v) is 19.6. The van der Waals surface area contributed by atoms with Crippen molar-refractivity contribution < 1.29 is 9.47 Å². The minimum atomic E-state index is -0.524. The van der Waals surface area contributed by atoms with Crippen LogP contribution in [-0.4, -0.2) is 39.3 Å². The highest BCUT2D eigenvalue weighted by atomic mass is 16.7. The lowest BCUT2D eigenvalue weighted by molar-refractivity contribution is -0.232. The van der Waals surface area contributed by atoms with Gasteiger partial charge < -0.3 is 19.0 Å². The Morgan fingerprint density at radius 1 is 1.06 bits per heavy atom. The molecule has 176 valence electrons. The van der Waals surface area contributed by atoms with E-state index in [0.29, 0.717) is 19.0 Å². The van der Waals surface area contributed by atoms with Crippen LogP contribution in [-0.2, 0) is 9.47 Å². The molecule has 2 N–H and O–H groups in total. The molecule has 2 aromatic heterocycles. The molecular weight excluding hydrogens is 426 g/mol. The zero-order valence-electron chi connectivity index (χ0n) is 19.6. The second-order valence-electron chi connectivity index (χ2n) is 9.16. The molecule has 34 heavy (non-hydrogen) atoms. The standard InChI is InChI=1S/C27H31N5O2/c1-3-22(32-15-14-28-19-32)29-16-27(2)17-33-26(34-18-27)25-30-23(20-10-6-4-7-11-20)24(31-25)21-12-8-5-9-13-21/h4-15,19,22,26,29H,3,16-18H2,1-2H3,(H,30,31). The maximum atomic E-state index is 6.20. The molecule has 0 amide bonds. The van der Waals surface area contributed by atoms with E-state index in [0.717, 1.165) is 35.5 Å². The van der Waals surface area contributed by atoms with E-state index in [1.165, 1.54) is 0 Å². The first-order chi connectivity index (χ1) is 16.6. The van der Waals surface area contributed by atoms with Gasteiger partial charge in [0.05, 0.1) is 37.1 Å². The average Bonchev–Trinajstić information content (AvgIpc) is 3.57. The van der Waals surface area contributed by atoms with Gasteiger partial charge >= 0.3 is 0 Å². The highest BCUT2D eigenvalue weighted by Crippen LogP contribution is 2.35. The van der Waals surface area contributed by atoms with Crippen molar-refractivity contribution in [2.45, 2.75) is 32.7 Å². The van der Waals surface area contributed by atoms with Gasteiger partial charge in [-0.05, 0) is 6.42 Å². The Kier molecular flexibility index (Phi) is 6.58. The third-order valence-electron chi connectivity index (χ3n) is 6.26. The number of H-pyrrole nitrogens is 1. The lowest BCUT2D eigenvalue weighted by atomic mass is 9.92. The molecule has 1 unspecified atom stereocenters. The first-order valence-corrected chi connectivity index (χ1v) is 11.8. The van der Waals surface area contributed by atoms with Crippen LogP contribution in [0.4, 0.5) is 0 Å². The monoisotopic (exact) mass is 457 g/mol. The van der Waals surface area contributed by atoms with Crippen molar-refractivity contribution in [3.8, 4) is 22.5 Å². The van der Waals surface area contributed by atoms with Crippen LogP contribution in [0.5, 0.6) is 0 Å². The summed E-state index contributed by atoms with van der Waals surface area (Å²) in [4.78, 5) is 12.6. The van der Waals surface area contributed by atoms with E-state index in [4.69, 9.17) is 14.5 Å². The molecule has 0 aliphatic carbocycles. The molecule has 1 saturated heterocycles. The van der Waals surface area contributed by atoms with E-state index in [9.17, 15) is 0 Å². The summed E-state index contributed by atoms with van der Waals surface area (Å²) in [5, 5.41) is 3.63. The maximum Gasteiger partial charge on any atom is 0.217 e. The van der Waals surface area contributed by atoms with Crippen LogP contribution in [0.15, 0.2) is 79.4 Å².